The Morgan fingerprint density at radius 1 is 1.27 bits per heavy atom. The monoisotopic (exact) mass is 401 g/mol. The van der Waals surface area contributed by atoms with Crippen molar-refractivity contribution in [3.8, 4) is 28.8 Å². The highest BCUT2D eigenvalue weighted by atomic mass is 16.5. The van der Waals surface area contributed by atoms with Crippen molar-refractivity contribution in [2.24, 2.45) is 5.10 Å². The molecule has 30 heavy (non-hydrogen) atoms. The van der Waals surface area contributed by atoms with Crippen molar-refractivity contribution < 1.29 is 9.47 Å². The largest absolute Gasteiger partial charge is 0.493 e. The number of hydrogen-bond acceptors (Lipinski definition) is 7. The fourth-order valence-corrected chi connectivity index (χ4v) is 2.64. The Morgan fingerprint density at radius 2 is 2.07 bits per heavy atom. The maximum absolute atomic E-state index is 12.3. The molecule has 2 aromatic carbocycles. The molecular weight excluding hydrogens is 382 g/mol. The first-order valence-corrected chi connectivity index (χ1v) is 8.97. The van der Waals surface area contributed by atoms with Crippen LogP contribution in [0.2, 0.25) is 0 Å². The van der Waals surface area contributed by atoms with Gasteiger partial charge in [0, 0.05) is 5.56 Å². The molecule has 2 N–H and O–H groups in total. The van der Waals surface area contributed by atoms with Gasteiger partial charge in [-0.15, -0.1) is 0 Å². The number of nitrogens with one attached hydrogen (secondary N) is 2. The molecular formula is C22H19N5O3. The molecule has 0 aliphatic heterocycles. The molecule has 0 aliphatic carbocycles. The van der Waals surface area contributed by atoms with Gasteiger partial charge in [-0.25, -0.2) is 10.4 Å². The maximum atomic E-state index is 12.3. The zero-order valence-electron chi connectivity index (χ0n) is 16.3. The summed E-state index contributed by atoms with van der Waals surface area (Å²) in [6.07, 6.45) is 3.19. The zero-order valence-corrected chi connectivity index (χ0v) is 16.3. The van der Waals surface area contributed by atoms with Crippen molar-refractivity contribution >= 4 is 12.2 Å². The standard InChI is InChI=1S/C22H19N5O3/c1-3-11-30-18-10-9-15(12-19(18)29-2)14-24-27-22-25-20(16-7-5-4-6-8-16)17(13-23)21(28)26-22/h3-10,12,14H,1,11H2,2H3,(H2,25,26,27,28). The first-order valence-electron chi connectivity index (χ1n) is 8.97. The van der Waals surface area contributed by atoms with Crippen LogP contribution in [-0.2, 0) is 0 Å². The number of hydrogen-bond donors (Lipinski definition) is 2. The average Bonchev–Trinajstić information content (AvgIpc) is 2.78. The van der Waals surface area contributed by atoms with Crippen LogP contribution >= 0.6 is 0 Å². The van der Waals surface area contributed by atoms with E-state index in [0.717, 1.165) is 5.56 Å². The van der Waals surface area contributed by atoms with Gasteiger partial charge in [0.2, 0.25) is 5.95 Å². The Labute approximate surface area is 173 Å². The van der Waals surface area contributed by atoms with E-state index in [-0.39, 0.29) is 17.2 Å². The molecule has 0 bridgehead atoms. The van der Waals surface area contributed by atoms with Crippen LogP contribution in [0.25, 0.3) is 11.3 Å². The summed E-state index contributed by atoms with van der Waals surface area (Å²) in [7, 11) is 1.55. The van der Waals surface area contributed by atoms with Crippen molar-refractivity contribution in [3.05, 3.63) is 82.7 Å². The van der Waals surface area contributed by atoms with E-state index in [1.54, 1.807) is 61.9 Å². The Morgan fingerprint density at radius 3 is 2.77 bits per heavy atom. The molecule has 3 rings (SSSR count). The number of rotatable bonds is 8. The summed E-state index contributed by atoms with van der Waals surface area (Å²) in [4.78, 5) is 19.1. The number of aromatic amines is 1. The summed E-state index contributed by atoms with van der Waals surface area (Å²) < 4.78 is 10.8. The SMILES string of the molecule is C=CCOc1ccc(C=NNc2nc(-c3ccccc3)c(C#N)c(=O)[nH]2)cc1OC. The van der Waals surface area contributed by atoms with Crippen LogP contribution in [0.4, 0.5) is 5.95 Å². The van der Waals surface area contributed by atoms with Crippen LogP contribution < -0.4 is 20.5 Å². The number of hydrazone groups is 1. The summed E-state index contributed by atoms with van der Waals surface area (Å²) in [5, 5.41) is 13.4. The molecule has 0 atom stereocenters. The minimum absolute atomic E-state index is 0.0596. The molecule has 8 heteroatoms. The van der Waals surface area contributed by atoms with Gasteiger partial charge in [0.15, 0.2) is 11.5 Å². The second kappa shape index (κ2) is 9.71. The lowest BCUT2D eigenvalue weighted by Crippen LogP contribution is -2.16. The predicted molar refractivity (Wildman–Crippen MR) is 115 cm³/mol. The number of methoxy groups -OCH3 is 1. The first-order chi connectivity index (χ1) is 14.7. The molecule has 0 fully saturated rings. The predicted octanol–water partition coefficient (Wildman–Crippen LogP) is 3.33. The molecule has 1 aromatic heterocycles. The minimum atomic E-state index is -0.547. The smallest absolute Gasteiger partial charge is 0.270 e. The number of anilines is 1. The molecule has 0 radical (unpaired) electrons. The highest BCUT2D eigenvalue weighted by molar-refractivity contribution is 5.81. The van der Waals surface area contributed by atoms with E-state index >= 15 is 0 Å². The van der Waals surface area contributed by atoms with E-state index in [4.69, 9.17) is 9.47 Å². The van der Waals surface area contributed by atoms with Crippen molar-refractivity contribution in [1.29, 1.82) is 5.26 Å². The lowest BCUT2D eigenvalue weighted by Gasteiger charge is -2.09. The fourth-order valence-electron chi connectivity index (χ4n) is 2.64. The molecule has 8 nitrogen and oxygen atoms in total. The Bertz CT molecular complexity index is 1160. The number of nitrogens with zero attached hydrogens (tertiary/aromatic N) is 3. The molecule has 3 aromatic rings. The van der Waals surface area contributed by atoms with Gasteiger partial charge in [-0.1, -0.05) is 43.0 Å². The average molecular weight is 401 g/mol. The molecule has 0 saturated carbocycles. The highest BCUT2D eigenvalue weighted by Gasteiger charge is 2.12. The van der Waals surface area contributed by atoms with Crippen molar-refractivity contribution in [3.63, 3.8) is 0 Å². The molecule has 1 heterocycles. The molecule has 0 amide bonds. The van der Waals surface area contributed by atoms with Crippen LogP contribution in [0, 0.1) is 11.3 Å². The van der Waals surface area contributed by atoms with E-state index in [1.165, 1.54) is 0 Å². The third-order valence-corrected chi connectivity index (χ3v) is 4.01. The second-order valence-corrected chi connectivity index (χ2v) is 6.00. The molecule has 0 saturated heterocycles. The summed E-state index contributed by atoms with van der Waals surface area (Å²) in [5.41, 5.74) is 3.77. The van der Waals surface area contributed by atoms with Gasteiger partial charge >= 0.3 is 0 Å². The van der Waals surface area contributed by atoms with Crippen LogP contribution in [-0.4, -0.2) is 29.9 Å². The summed E-state index contributed by atoms with van der Waals surface area (Å²) >= 11 is 0. The van der Waals surface area contributed by atoms with Gasteiger partial charge in [-0.2, -0.15) is 10.4 Å². The summed E-state index contributed by atoms with van der Waals surface area (Å²) in [6, 6.07) is 16.2. The normalized spacial score (nSPS) is 10.4. The zero-order chi connectivity index (χ0) is 21.3. The third kappa shape index (κ3) is 4.72. The van der Waals surface area contributed by atoms with Crippen LogP contribution in [0.5, 0.6) is 11.5 Å². The van der Waals surface area contributed by atoms with Gasteiger partial charge in [-0.05, 0) is 23.8 Å². The highest BCUT2D eigenvalue weighted by Crippen LogP contribution is 2.27. The second-order valence-electron chi connectivity index (χ2n) is 6.00. The summed E-state index contributed by atoms with van der Waals surface area (Å²) in [5.74, 6) is 1.26. The summed E-state index contributed by atoms with van der Waals surface area (Å²) in [6.45, 7) is 3.98. The van der Waals surface area contributed by atoms with E-state index in [2.05, 4.69) is 27.1 Å². The van der Waals surface area contributed by atoms with E-state index < -0.39 is 5.56 Å². The lowest BCUT2D eigenvalue weighted by atomic mass is 10.1. The van der Waals surface area contributed by atoms with Gasteiger partial charge in [0.05, 0.1) is 19.0 Å². The van der Waals surface area contributed by atoms with E-state index in [1.807, 2.05) is 12.1 Å². The van der Waals surface area contributed by atoms with E-state index in [9.17, 15) is 10.1 Å². The maximum Gasteiger partial charge on any atom is 0.270 e. The van der Waals surface area contributed by atoms with Crippen LogP contribution in [0.1, 0.15) is 11.1 Å². The van der Waals surface area contributed by atoms with Crippen molar-refractivity contribution in [1.82, 2.24) is 9.97 Å². The number of aromatic nitrogens is 2. The van der Waals surface area contributed by atoms with Gasteiger partial charge in [0.1, 0.15) is 18.2 Å². The van der Waals surface area contributed by atoms with E-state index in [0.29, 0.717) is 23.7 Å². The topological polar surface area (TPSA) is 112 Å². The first kappa shape index (κ1) is 20.4. The van der Waals surface area contributed by atoms with Gasteiger partial charge < -0.3 is 9.47 Å². The number of H-pyrrole nitrogens is 1. The Hall–Kier alpha value is -4.38. The number of benzene rings is 2. The van der Waals surface area contributed by atoms with Crippen LogP contribution in [0.15, 0.2) is 71.1 Å². The van der Waals surface area contributed by atoms with Crippen LogP contribution in [0.3, 0.4) is 0 Å². The number of ether oxygens (including phenoxy) is 2. The molecule has 0 aliphatic rings. The molecule has 150 valence electrons. The van der Waals surface area contributed by atoms with Gasteiger partial charge in [0.25, 0.3) is 5.56 Å². The Kier molecular flexibility index (Phi) is 6.59. The third-order valence-electron chi connectivity index (χ3n) is 4.01. The Balaban J connectivity index is 1.83. The van der Waals surface area contributed by atoms with Crippen molar-refractivity contribution in [2.75, 3.05) is 19.1 Å². The molecule has 0 spiro atoms. The van der Waals surface area contributed by atoms with Crippen molar-refractivity contribution in [2.45, 2.75) is 0 Å². The number of nitriles is 1. The van der Waals surface area contributed by atoms with Gasteiger partial charge in [-0.3, -0.25) is 9.78 Å². The quantitative estimate of drug-likeness (QED) is 0.340. The fraction of sp³-hybridized carbons (Fsp3) is 0.0909. The minimum Gasteiger partial charge on any atom is -0.493 e. The lowest BCUT2D eigenvalue weighted by molar-refractivity contribution is 0.326. The molecule has 0 unspecified atom stereocenters.